The minimum atomic E-state index is -0.0257. The molecule has 8 rings (SSSR count). The van der Waals surface area contributed by atoms with Gasteiger partial charge in [0.05, 0.1) is 24.0 Å². The highest BCUT2D eigenvalue weighted by Gasteiger charge is 2.47. The lowest BCUT2D eigenvalue weighted by atomic mass is 9.97. The van der Waals surface area contributed by atoms with Crippen molar-refractivity contribution in [2.45, 2.75) is 76.0 Å². The first-order valence-electron chi connectivity index (χ1n) is 16.3. The van der Waals surface area contributed by atoms with Crippen LogP contribution in [0.4, 0.5) is 5.82 Å². The molecule has 2 fully saturated rings. The van der Waals surface area contributed by atoms with Crippen LogP contribution in [-0.4, -0.2) is 66.0 Å². The zero-order valence-corrected chi connectivity index (χ0v) is 26.2. The molecule has 11 heteroatoms. The third kappa shape index (κ3) is 4.63. The largest absolute Gasteiger partial charge is 0.494 e. The van der Waals surface area contributed by atoms with Gasteiger partial charge < -0.3 is 29.8 Å². The summed E-state index contributed by atoms with van der Waals surface area (Å²) in [5, 5.41) is 3.99. The van der Waals surface area contributed by atoms with Gasteiger partial charge >= 0.3 is 0 Å². The molecule has 11 nitrogen and oxygen atoms in total. The Kier molecular flexibility index (Phi) is 7.01. The molecular formula is C35H38N8O3. The number of imidazole rings is 1. The summed E-state index contributed by atoms with van der Waals surface area (Å²) in [6, 6.07) is 14.1. The highest BCUT2D eigenvalue weighted by Crippen LogP contribution is 2.40. The van der Waals surface area contributed by atoms with E-state index < -0.39 is 0 Å². The molecule has 0 aliphatic carbocycles. The van der Waals surface area contributed by atoms with Crippen molar-refractivity contribution in [1.82, 2.24) is 29.0 Å². The first-order valence-corrected chi connectivity index (χ1v) is 16.3. The number of aryl methyl sites for hydroxylation is 2. The van der Waals surface area contributed by atoms with E-state index in [0.29, 0.717) is 29.1 Å². The van der Waals surface area contributed by atoms with Gasteiger partial charge in [-0.1, -0.05) is 12.8 Å². The summed E-state index contributed by atoms with van der Waals surface area (Å²) >= 11 is 0. The van der Waals surface area contributed by atoms with E-state index >= 15 is 0 Å². The molecule has 1 aromatic carbocycles. The molecule has 3 atom stereocenters. The van der Waals surface area contributed by atoms with Crippen LogP contribution in [0.3, 0.4) is 0 Å². The Morgan fingerprint density at radius 3 is 2.74 bits per heavy atom. The maximum absolute atomic E-state index is 13.8. The fourth-order valence-electron chi connectivity index (χ4n) is 7.82. The molecule has 0 saturated carbocycles. The molecular weight excluding hydrogens is 580 g/mol. The van der Waals surface area contributed by atoms with Crippen LogP contribution in [0, 0.1) is 0 Å². The minimum absolute atomic E-state index is 0.00202. The van der Waals surface area contributed by atoms with Crippen LogP contribution in [-0.2, 0) is 18.4 Å². The Balaban J connectivity index is 1.25. The summed E-state index contributed by atoms with van der Waals surface area (Å²) in [4.78, 5) is 43.2. The van der Waals surface area contributed by atoms with E-state index in [4.69, 9.17) is 20.4 Å². The van der Waals surface area contributed by atoms with Gasteiger partial charge in [-0.15, -0.1) is 0 Å². The lowest BCUT2D eigenvalue weighted by Gasteiger charge is -2.23. The number of methoxy groups -OCH3 is 1. The van der Waals surface area contributed by atoms with E-state index in [-0.39, 0.29) is 29.9 Å². The Hall–Kier alpha value is -4.77. The number of amides is 2. The van der Waals surface area contributed by atoms with Crippen molar-refractivity contribution < 1.29 is 14.3 Å². The van der Waals surface area contributed by atoms with Crippen LogP contribution in [0.25, 0.3) is 44.8 Å². The number of rotatable bonds is 3. The topological polar surface area (TPSA) is 133 Å². The standard InChI is InChI=1S/C35H38N8O3/c1-41-31-26(16-21(18-29(31)46-2)35(45)43-22-11-13-27(43)24(36)19-22)39-34(41)28-17-20-10-12-25-23-8-7-14-37-32(23)40-30(44)9-5-3-4-6-15-42(28)33(20)38-25/h7-8,10,12,14,16-18,22,24,27H,3-6,9,11,13,15,19,36H2,1-2H3,(H,37,40,44)/t22-,24+,27+/m0/s1. The second kappa shape index (κ2) is 11.2. The summed E-state index contributed by atoms with van der Waals surface area (Å²) in [5.41, 5.74) is 11.8. The number of aromatic nitrogens is 5. The number of hydrogen-bond donors (Lipinski definition) is 2. The number of benzene rings is 1. The van der Waals surface area contributed by atoms with Crippen molar-refractivity contribution in [2.75, 3.05) is 12.4 Å². The molecule has 0 spiro atoms. The second-order valence-electron chi connectivity index (χ2n) is 12.9. The third-order valence-electron chi connectivity index (χ3n) is 10.1. The summed E-state index contributed by atoms with van der Waals surface area (Å²) in [6.07, 6.45) is 8.68. The highest BCUT2D eigenvalue weighted by atomic mass is 16.5. The maximum atomic E-state index is 13.8. The molecule has 3 N–H and O–H groups in total. The average Bonchev–Trinajstić information content (AvgIpc) is 3.81. The molecule has 3 aliphatic heterocycles. The number of nitrogens with one attached hydrogen (secondary N) is 1. The summed E-state index contributed by atoms with van der Waals surface area (Å²) < 4.78 is 10.2. The van der Waals surface area contributed by atoms with Crippen LogP contribution in [0.1, 0.15) is 61.7 Å². The number of pyridine rings is 2. The average molecular weight is 619 g/mol. The van der Waals surface area contributed by atoms with E-state index in [0.717, 1.165) is 90.8 Å². The van der Waals surface area contributed by atoms with Gasteiger partial charge in [0.2, 0.25) is 5.91 Å². The fraction of sp³-hybridized carbons (Fsp3) is 0.400. The summed E-state index contributed by atoms with van der Waals surface area (Å²) in [5.74, 6) is 1.88. The van der Waals surface area contributed by atoms with Crippen LogP contribution in [0.2, 0.25) is 0 Å². The number of fused-ring (bicyclic) bond motifs is 6. The molecule has 0 unspecified atom stereocenters. The molecule has 4 bridgehead atoms. The van der Waals surface area contributed by atoms with Gasteiger partial charge in [-0.05, 0) is 74.6 Å². The van der Waals surface area contributed by atoms with Gasteiger partial charge in [0.1, 0.15) is 22.7 Å². The summed E-state index contributed by atoms with van der Waals surface area (Å²) in [6.45, 7) is 0.753. The highest BCUT2D eigenvalue weighted by molar-refractivity contribution is 6.01. The van der Waals surface area contributed by atoms with E-state index in [1.165, 1.54) is 0 Å². The Morgan fingerprint density at radius 1 is 1.07 bits per heavy atom. The smallest absolute Gasteiger partial charge is 0.254 e. The normalized spacial score (nSPS) is 21.5. The number of carbonyl (C=O) groups excluding carboxylic acids is 2. The molecule has 2 amide bonds. The van der Waals surface area contributed by atoms with Crippen molar-refractivity contribution in [3.05, 3.63) is 54.2 Å². The van der Waals surface area contributed by atoms with Gasteiger partial charge in [-0.3, -0.25) is 9.59 Å². The monoisotopic (exact) mass is 618 g/mol. The number of nitrogens with two attached hydrogens (primary N) is 1. The lowest BCUT2D eigenvalue weighted by molar-refractivity contribution is -0.116. The second-order valence-corrected chi connectivity index (χ2v) is 12.9. The van der Waals surface area contributed by atoms with Crippen molar-refractivity contribution in [3.63, 3.8) is 0 Å². The quantitative estimate of drug-likeness (QED) is 0.282. The predicted molar refractivity (Wildman–Crippen MR) is 177 cm³/mol. The SMILES string of the molecule is COc1cc(C(=O)N2[C@H]3CC[C@@H]2[C@H](N)C3)cc2nc(-c3cc4ccc5nc4n3CCCCCCC(=O)Nc3ncccc3-5)n(C)c12. The third-order valence-corrected chi connectivity index (χ3v) is 10.1. The van der Waals surface area contributed by atoms with E-state index in [9.17, 15) is 9.59 Å². The zero-order valence-electron chi connectivity index (χ0n) is 26.2. The van der Waals surface area contributed by atoms with Crippen LogP contribution in [0.15, 0.2) is 48.7 Å². The van der Waals surface area contributed by atoms with E-state index in [2.05, 4.69) is 31.6 Å². The molecule has 4 aromatic heterocycles. The molecule has 236 valence electrons. The lowest BCUT2D eigenvalue weighted by Crippen LogP contribution is -2.40. The first kappa shape index (κ1) is 28.7. The molecule has 3 aliphatic rings. The molecule has 7 heterocycles. The van der Waals surface area contributed by atoms with Gasteiger partial charge in [0.25, 0.3) is 5.91 Å². The van der Waals surface area contributed by atoms with Gasteiger partial charge in [-0.25, -0.2) is 15.0 Å². The van der Waals surface area contributed by atoms with Crippen LogP contribution >= 0.6 is 0 Å². The predicted octanol–water partition coefficient (Wildman–Crippen LogP) is 5.27. The molecule has 0 radical (unpaired) electrons. The molecule has 46 heavy (non-hydrogen) atoms. The minimum Gasteiger partial charge on any atom is -0.494 e. The zero-order chi connectivity index (χ0) is 31.5. The molecule has 5 aromatic rings. The Labute approximate surface area is 266 Å². The van der Waals surface area contributed by atoms with Crippen molar-refractivity contribution in [2.24, 2.45) is 12.8 Å². The van der Waals surface area contributed by atoms with Crippen LogP contribution < -0.4 is 15.8 Å². The first-order chi connectivity index (χ1) is 22.4. The van der Waals surface area contributed by atoms with Gasteiger partial charge in [0, 0.05) is 60.8 Å². The number of anilines is 1. The number of nitrogens with zero attached hydrogens (tertiary/aromatic N) is 6. The Bertz CT molecular complexity index is 2010. The van der Waals surface area contributed by atoms with Crippen molar-refractivity contribution in [3.8, 4) is 28.5 Å². The van der Waals surface area contributed by atoms with Crippen molar-refractivity contribution in [1.29, 1.82) is 0 Å². The van der Waals surface area contributed by atoms with E-state index in [1.807, 2.05) is 42.3 Å². The van der Waals surface area contributed by atoms with Gasteiger partial charge in [-0.2, -0.15) is 0 Å². The molecule has 2 saturated heterocycles. The maximum Gasteiger partial charge on any atom is 0.254 e. The summed E-state index contributed by atoms with van der Waals surface area (Å²) in [7, 11) is 3.63. The van der Waals surface area contributed by atoms with Crippen LogP contribution in [0.5, 0.6) is 5.75 Å². The number of hydrogen-bond acceptors (Lipinski definition) is 7. The van der Waals surface area contributed by atoms with E-state index in [1.54, 1.807) is 13.3 Å². The fourth-order valence-corrected chi connectivity index (χ4v) is 7.82. The number of carbonyl (C=O) groups is 2. The van der Waals surface area contributed by atoms with Crippen molar-refractivity contribution >= 4 is 39.7 Å². The number of ether oxygens (including phenoxy) is 1. The Morgan fingerprint density at radius 2 is 1.93 bits per heavy atom. The van der Waals surface area contributed by atoms with Gasteiger partial charge in [0.15, 0.2) is 5.82 Å².